The molecule has 0 saturated heterocycles. The SMILES string of the molecule is Cc1cc(C(C)(C)C)ccc1-c1ccc(C2C(C)(C)CCC2(C)C)c[n+]1C. The first kappa shape index (κ1) is 20.1. The molecule has 0 bridgehead atoms. The topological polar surface area (TPSA) is 3.88 Å². The predicted molar refractivity (Wildman–Crippen MR) is 116 cm³/mol. The van der Waals surface area contributed by atoms with Crippen LogP contribution in [0.3, 0.4) is 0 Å². The second-order valence-corrected chi connectivity index (χ2v) is 11.1. The maximum Gasteiger partial charge on any atom is 0.212 e. The smallest absolute Gasteiger partial charge is 0.201 e. The lowest BCUT2D eigenvalue weighted by Gasteiger charge is -2.35. The molecule has 1 aliphatic rings. The Morgan fingerprint density at radius 2 is 1.52 bits per heavy atom. The Morgan fingerprint density at radius 3 is 2.00 bits per heavy atom. The lowest BCUT2D eigenvalue weighted by Crippen LogP contribution is -2.34. The third kappa shape index (κ3) is 3.71. The molecule has 0 N–H and O–H groups in total. The van der Waals surface area contributed by atoms with Crippen LogP contribution in [-0.4, -0.2) is 0 Å². The quantitative estimate of drug-likeness (QED) is 0.521. The standard InChI is InChI=1S/C26H38N/c1-18-16-20(24(2,3)4)11-12-21(18)22-13-10-19(17-27(22)9)23-25(5,6)14-15-26(23,7)8/h10-13,16-17,23H,14-15H2,1-9H3/q+1. The third-order valence-electron chi connectivity index (χ3n) is 6.83. The molecular formula is C26H38N+. The minimum atomic E-state index is 0.189. The predicted octanol–water partition coefficient (Wildman–Crippen LogP) is 6.71. The van der Waals surface area contributed by atoms with E-state index in [-0.39, 0.29) is 5.41 Å². The average Bonchev–Trinajstić information content (AvgIpc) is 2.75. The minimum absolute atomic E-state index is 0.189. The molecule has 27 heavy (non-hydrogen) atoms. The van der Waals surface area contributed by atoms with Crippen LogP contribution in [0.1, 0.15) is 83.9 Å². The van der Waals surface area contributed by atoms with Crippen LogP contribution in [0.5, 0.6) is 0 Å². The fourth-order valence-corrected chi connectivity index (χ4v) is 5.39. The zero-order valence-corrected chi connectivity index (χ0v) is 18.9. The monoisotopic (exact) mass is 364 g/mol. The molecule has 1 fully saturated rings. The highest BCUT2D eigenvalue weighted by Crippen LogP contribution is 2.58. The molecule has 0 aliphatic heterocycles. The Bertz CT molecular complexity index is 833. The van der Waals surface area contributed by atoms with Crippen LogP contribution < -0.4 is 4.57 Å². The van der Waals surface area contributed by atoms with Crippen molar-refractivity contribution in [2.75, 3.05) is 0 Å². The van der Waals surface area contributed by atoms with Crippen LogP contribution in [0, 0.1) is 17.8 Å². The van der Waals surface area contributed by atoms with E-state index in [1.807, 2.05) is 0 Å². The number of hydrogen-bond acceptors (Lipinski definition) is 0. The average molecular weight is 365 g/mol. The zero-order chi connectivity index (χ0) is 20.2. The van der Waals surface area contributed by atoms with Crippen molar-refractivity contribution in [1.29, 1.82) is 0 Å². The maximum absolute atomic E-state index is 2.44. The van der Waals surface area contributed by atoms with E-state index in [1.165, 1.54) is 40.8 Å². The van der Waals surface area contributed by atoms with Gasteiger partial charge in [0.15, 0.2) is 6.20 Å². The summed E-state index contributed by atoms with van der Waals surface area (Å²) in [5.74, 6) is 0.606. The van der Waals surface area contributed by atoms with Gasteiger partial charge in [0.1, 0.15) is 7.05 Å². The van der Waals surface area contributed by atoms with E-state index in [0.29, 0.717) is 16.7 Å². The van der Waals surface area contributed by atoms with Crippen molar-refractivity contribution >= 4 is 0 Å². The van der Waals surface area contributed by atoms with Gasteiger partial charge in [0, 0.05) is 17.2 Å². The Kier molecular flexibility index (Phi) is 4.82. The second kappa shape index (κ2) is 6.47. The van der Waals surface area contributed by atoms with E-state index in [2.05, 4.69) is 104 Å². The highest BCUT2D eigenvalue weighted by Gasteiger charge is 2.48. The Morgan fingerprint density at radius 1 is 0.926 bits per heavy atom. The number of rotatable bonds is 2. The van der Waals surface area contributed by atoms with Crippen molar-refractivity contribution in [3.63, 3.8) is 0 Å². The van der Waals surface area contributed by atoms with Crippen molar-refractivity contribution in [2.45, 2.75) is 79.6 Å². The largest absolute Gasteiger partial charge is 0.212 e. The third-order valence-corrected chi connectivity index (χ3v) is 6.83. The number of pyridine rings is 1. The van der Waals surface area contributed by atoms with Gasteiger partial charge in [0.05, 0.1) is 0 Å². The van der Waals surface area contributed by atoms with Crippen molar-refractivity contribution in [3.8, 4) is 11.3 Å². The highest BCUT2D eigenvalue weighted by atomic mass is 14.9. The van der Waals surface area contributed by atoms with Gasteiger partial charge in [-0.05, 0) is 65.2 Å². The first-order chi connectivity index (χ1) is 12.3. The summed E-state index contributed by atoms with van der Waals surface area (Å²) in [6.45, 7) is 18.8. The molecule has 146 valence electrons. The van der Waals surface area contributed by atoms with Crippen molar-refractivity contribution < 1.29 is 4.57 Å². The maximum atomic E-state index is 2.44. The van der Waals surface area contributed by atoms with Crippen molar-refractivity contribution in [1.82, 2.24) is 0 Å². The summed E-state index contributed by atoms with van der Waals surface area (Å²) in [7, 11) is 2.20. The molecule has 1 aromatic carbocycles. The molecular weight excluding hydrogens is 326 g/mol. The first-order valence-corrected chi connectivity index (χ1v) is 10.4. The van der Waals surface area contributed by atoms with Crippen molar-refractivity contribution in [2.24, 2.45) is 17.9 Å². The molecule has 1 aliphatic carbocycles. The Labute approximate surface area is 166 Å². The van der Waals surface area contributed by atoms with Gasteiger partial charge in [-0.2, -0.15) is 0 Å². The Hall–Kier alpha value is -1.63. The first-order valence-electron chi connectivity index (χ1n) is 10.4. The fraction of sp³-hybridized carbons (Fsp3) is 0.577. The summed E-state index contributed by atoms with van der Waals surface area (Å²) in [5, 5.41) is 0. The van der Waals surface area contributed by atoms with Crippen LogP contribution in [0.4, 0.5) is 0 Å². The van der Waals surface area contributed by atoms with Gasteiger partial charge in [-0.25, -0.2) is 4.57 Å². The normalized spacial score (nSPS) is 19.4. The van der Waals surface area contributed by atoms with E-state index in [9.17, 15) is 0 Å². The van der Waals surface area contributed by atoms with E-state index in [4.69, 9.17) is 0 Å². The zero-order valence-electron chi connectivity index (χ0n) is 18.9. The Balaban J connectivity index is 2.01. The summed E-state index contributed by atoms with van der Waals surface area (Å²) >= 11 is 0. The highest BCUT2D eigenvalue weighted by molar-refractivity contribution is 5.62. The number of aryl methyl sites for hydroxylation is 2. The molecule has 0 radical (unpaired) electrons. The number of benzene rings is 1. The number of hydrogen-bond donors (Lipinski definition) is 0. The van der Waals surface area contributed by atoms with Crippen LogP contribution in [0.15, 0.2) is 36.5 Å². The van der Waals surface area contributed by atoms with Gasteiger partial charge in [0.25, 0.3) is 0 Å². The number of aromatic nitrogens is 1. The molecule has 0 amide bonds. The summed E-state index contributed by atoms with van der Waals surface area (Å²) in [6, 6.07) is 11.7. The molecule has 1 heterocycles. The molecule has 3 rings (SSSR count). The summed E-state index contributed by atoms with van der Waals surface area (Å²) < 4.78 is 2.33. The van der Waals surface area contributed by atoms with Gasteiger partial charge in [-0.15, -0.1) is 0 Å². The molecule has 1 saturated carbocycles. The summed E-state index contributed by atoms with van der Waals surface area (Å²) in [5.41, 5.74) is 7.79. The van der Waals surface area contributed by atoms with Crippen LogP contribution in [-0.2, 0) is 12.5 Å². The molecule has 1 nitrogen and oxygen atoms in total. The number of nitrogens with zero attached hydrogens (tertiary/aromatic N) is 1. The summed E-state index contributed by atoms with van der Waals surface area (Å²) in [6.07, 6.45) is 5.00. The summed E-state index contributed by atoms with van der Waals surface area (Å²) in [4.78, 5) is 0. The van der Waals surface area contributed by atoms with E-state index >= 15 is 0 Å². The van der Waals surface area contributed by atoms with Crippen LogP contribution in [0.25, 0.3) is 11.3 Å². The van der Waals surface area contributed by atoms with Gasteiger partial charge in [-0.1, -0.05) is 60.6 Å². The van der Waals surface area contributed by atoms with Gasteiger partial charge < -0.3 is 0 Å². The molecule has 0 atom stereocenters. The van der Waals surface area contributed by atoms with E-state index in [1.54, 1.807) is 0 Å². The van der Waals surface area contributed by atoms with Crippen LogP contribution >= 0.6 is 0 Å². The van der Waals surface area contributed by atoms with Gasteiger partial charge in [-0.3, -0.25) is 0 Å². The minimum Gasteiger partial charge on any atom is -0.201 e. The lowest BCUT2D eigenvalue weighted by atomic mass is 9.69. The second-order valence-electron chi connectivity index (χ2n) is 11.1. The van der Waals surface area contributed by atoms with Crippen LogP contribution in [0.2, 0.25) is 0 Å². The van der Waals surface area contributed by atoms with Gasteiger partial charge >= 0.3 is 0 Å². The van der Waals surface area contributed by atoms with Crippen molar-refractivity contribution in [3.05, 3.63) is 53.2 Å². The molecule has 1 aromatic heterocycles. The molecule has 0 spiro atoms. The van der Waals surface area contributed by atoms with E-state index < -0.39 is 0 Å². The fourth-order valence-electron chi connectivity index (χ4n) is 5.39. The molecule has 2 aromatic rings. The van der Waals surface area contributed by atoms with E-state index in [0.717, 1.165) is 0 Å². The molecule has 0 unspecified atom stereocenters. The molecule has 1 heteroatoms. The lowest BCUT2D eigenvalue weighted by molar-refractivity contribution is -0.661. The van der Waals surface area contributed by atoms with Gasteiger partial charge in [0.2, 0.25) is 5.69 Å².